The van der Waals surface area contributed by atoms with Gasteiger partial charge in [0.05, 0.1) is 11.1 Å². The molecule has 0 spiro atoms. The Morgan fingerprint density at radius 3 is 2.50 bits per heavy atom. The molecule has 1 fully saturated rings. The number of carbonyl (C=O) groups is 1. The first-order valence-corrected chi connectivity index (χ1v) is 11.2. The number of fused-ring (bicyclic) bond motifs is 1. The number of H-pyrrole nitrogens is 2. The zero-order valence-corrected chi connectivity index (χ0v) is 18.6. The predicted molar refractivity (Wildman–Crippen MR) is 129 cm³/mol. The van der Waals surface area contributed by atoms with Crippen LogP contribution < -0.4 is 16.2 Å². The topological polar surface area (TPSA) is 111 Å². The number of rotatable bonds is 5. The van der Waals surface area contributed by atoms with E-state index >= 15 is 0 Å². The number of piperazine rings is 1. The second-order valence-corrected chi connectivity index (χ2v) is 8.42. The van der Waals surface area contributed by atoms with Gasteiger partial charge in [-0.15, -0.1) is 0 Å². The number of aromatic nitrogens is 3. The lowest BCUT2D eigenvalue weighted by atomic mass is 10.0. The Balaban J connectivity index is 1.20. The summed E-state index contributed by atoms with van der Waals surface area (Å²) in [5, 5.41) is 0.524. The van der Waals surface area contributed by atoms with Crippen LogP contribution in [-0.4, -0.2) is 51.9 Å². The first kappa shape index (κ1) is 21.7. The quantitative estimate of drug-likeness (QED) is 0.424. The summed E-state index contributed by atoms with van der Waals surface area (Å²) >= 11 is 0. The van der Waals surface area contributed by atoms with Gasteiger partial charge < -0.3 is 20.5 Å². The molecule has 1 aliphatic heterocycles. The average Bonchev–Trinajstić information content (AvgIpc) is 3.26. The lowest BCUT2D eigenvalue weighted by molar-refractivity contribution is 0.0746. The summed E-state index contributed by atoms with van der Waals surface area (Å²) in [4.78, 5) is 38.6. The fourth-order valence-electron chi connectivity index (χ4n) is 4.45. The molecule has 1 amide bonds. The van der Waals surface area contributed by atoms with E-state index in [4.69, 9.17) is 5.73 Å². The number of aryl methyl sites for hydroxylation is 2. The molecule has 0 saturated carbocycles. The monoisotopic (exact) mass is 460 g/mol. The van der Waals surface area contributed by atoms with Crippen molar-refractivity contribution in [1.29, 1.82) is 0 Å². The van der Waals surface area contributed by atoms with Crippen molar-refractivity contribution in [3.8, 4) is 0 Å². The summed E-state index contributed by atoms with van der Waals surface area (Å²) in [5.41, 5.74) is 8.97. The minimum Gasteiger partial charge on any atom is -0.369 e. The molecule has 3 heterocycles. The Labute approximate surface area is 195 Å². The smallest absolute Gasteiger partial charge is 0.262 e. The number of anilines is 2. The number of hydrogen-bond donors (Lipinski definition) is 3. The molecule has 5 rings (SSSR count). The number of nitrogens with one attached hydrogen (secondary N) is 2. The number of nitrogens with zero attached hydrogens (tertiary/aromatic N) is 3. The highest BCUT2D eigenvalue weighted by Gasteiger charge is 2.23. The van der Waals surface area contributed by atoms with E-state index in [-0.39, 0.29) is 23.2 Å². The highest BCUT2D eigenvalue weighted by atomic mass is 19.1. The van der Waals surface area contributed by atoms with E-state index in [9.17, 15) is 14.0 Å². The van der Waals surface area contributed by atoms with Gasteiger partial charge in [-0.2, -0.15) is 4.98 Å². The molecule has 0 bridgehead atoms. The molecule has 8 nitrogen and oxygen atoms in total. The van der Waals surface area contributed by atoms with Crippen LogP contribution in [0.3, 0.4) is 0 Å². The number of para-hydroxylation sites is 1. The van der Waals surface area contributed by atoms with Gasteiger partial charge in [-0.05, 0) is 48.2 Å². The molecule has 34 heavy (non-hydrogen) atoms. The Hall–Kier alpha value is -4.14. The zero-order valence-electron chi connectivity index (χ0n) is 18.6. The van der Waals surface area contributed by atoms with Crippen LogP contribution in [0.4, 0.5) is 16.0 Å². The first-order valence-electron chi connectivity index (χ1n) is 11.2. The van der Waals surface area contributed by atoms with Crippen molar-refractivity contribution in [3.05, 3.63) is 87.6 Å². The summed E-state index contributed by atoms with van der Waals surface area (Å²) in [7, 11) is 0. The van der Waals surface area contributed by atoms with Crippen molar-refractivity contribution >= 4 is 28.6 Å². The molecule has 0 aliphatic carbocycles. The Kier molecular flexibility index (Phi) is 5.75. The molecule has 1 saturated heterocycles. The highest BCUT2D eigenvalue weighted by Crippen LogP contribution is 2.21. The number of benzene rings is 2. The first-order chi connectivity index (χ1) is 16.5. The van der Waals surface area contributed by atoms with Crippen molar-refractivity contribution in [3.63, 3.8) is 0 Å². The lowest BCUT2D eigenvalue weighted by Gasteiger charge is -2.36. The van der Waals surface area contributed by atoms with E-state index in [1.165, 1.54) is 6.07 Å². The van der Waals surface area contributed by atoms with E-state index in [0.717, 1.165) is 11.1 Å². The number of carbonyl (C=O) groups excluding carboxylic acids is 1. The van der Waals surface area contributed by atoms with E-state index in [0.29, 0.717) is 61.3 Å². The minimum absolute atomic E-state index is 0.0217. The number of nitrogen functional groups attached to an aromatic ring is 1. The van der Waals surface area contributed by atoms with Gasteiger partial charge in [0.1, 0.15) is 11.5 Å². The summed E-state index contributed by atoms with van der Waals surface area (Å²) in [6.07, 6.45) is 3.15. The second-order valence-electron chi connectivity index (χ2n) is 8.42. The van der Waals surface area contributed by atoms with Crippen molar-refractivity contribution in [2.75, 3.05) is 36.8 Å². The number of halogens is 1. The maximum absolute atomic E-state index is 14.0. The fraction of sp³-hybridized carbons (Fsp3) is 0.240. The molecule has 2 aromatic heterocycles. The minimum atomic E-state index is -0.255. The molecule has 0 unspecified atom stereocenters. The molecule has 2 aromatic carbocycles. The normalized spacial score (nSPS) is 14.0. The largest absolute Gasteiger partial charge is 0.369 e. The van der Waals surface area contributed by atoms with Crippen LogP contribution in [0, 0.1) is 5.82 Å². The van der Waals surface area contributed by atoms with E-state index in [1.807, 2.05) is 40.1 Å². The molecular formula is C25H25FN6O2. The summed E-state index contributed by atoms with van der Waals surface area (Å²) < 4.78 is 14.0. The molecule has 0 atom stereocenters. The van der Waals surface area contributed by atoms with Crippen molar-refractivity contribution < 1.29 is 9.18 Å². The van der Waals surface area contributed by atoms with Crippen LogP contribution in [0.2, 0.25) is 0 Å². The van der Waals surface area contributed by atoms with Gasteiger partial charge in [0.2, 0.25) is 5.95 Å². The van der Waals surface area contributed by atoms with Gasteiger partial charge in [0, 0.05) is 37.9 Å². The summed E-state index contributed by atoms with van der Waals surface area (Å²) in [6.45, 7) is 2.27. The van der Waals surface area contributed by atoms with Crippen LogP contribution in [0.15, 0.2) is 59.5 Å². The Bertz CT molecular complexity index is 1390. The van der Waals surface area contributed by atoms with Gasteiger partial charge >= 0.3 is 0 Å². The summed E-state index contributed by atoms with van der Waals surface area (Å²) in [5.74, 6) is -0.179. The van der Waals surface area contributed by atoms with Crippen LogP contribution in [0.5, 0.6) is 0 Å². The third kappa shape index (κ3) is 4.24. The number of amides is 1. The van der Waals surface area contributed by atoms with Crippen molar-refractivity contribution in [2.45, 2.75) is 12.8 Å². The lowest BCUT2D eigenvalue weighted by Crippen LogP contribution is -2.49. The van der Waals surface area contributed by atoms with Gasteiger partial charge in [0.25, 0.3) is 11.5 Å². The van der Waals surface area contributed by atoms with Gasteiger partial charge in [-0.3, -0.25) is 14.6 Å². The molecule has 0 radical (unpaired) electrons. The van der Waals surface area contributed by atoms with E-state index in [1.54, 1.807) is 18.3 Å². The maximum atomic E-state index is 14.0. The van der Waals surface area contributed by atoms with Crippen molar-refractivity contribution in [2.24, 2.45) is 0 Å². The number of aromatic amines is 2. The van der Waals surface area contributed by atoms with E-state index < -0.39 is 0 Å². The number of nitrogens with two attached hydrogens (primary N) is 1. The average molecular weight is 461 g/mol. The highest BCUT2D eigenvalue weighted by molar-refractivity contribution is 5.94. The SMILES string of the molecule is Nc1nc2[nH]cc(CCc3ccc(C(=O)N4CCN(c5ccccc5F)CC4)cc3)c2c(=O)[nH]1. The molecule has 4 N–H and O–H groups in total. The maximum Gasteiger partial charge on any atom is 0.262 e. The molecule has 9 heteroatoms. The van der Waals surface area contributed by atoms with Crippen LogP contribution in [-0.2, 0) is 12.8 Å². The Morgan fingerprint density at radius 2 is 1.76 bits per heavy atom. The fourth-order valence-corrected chi connectivity index (χ4v) is 4.45. The number of hydrogen-bond acceptors (Lipinski definition) is 5. The molecular weight excluding hydrogens is 435 g/mol. The third-order valence-electron chi connectivity index (χ3n) is 6.29. The molecule has 4 aromatic rings. The third-order valence-corrected chi connectivity index (χ3v) is 6.29. The zero-order chi connectivity index (χ0) is 23.7. The van der Waals surface area contributed by atoms with Gasteiger partial charge in [-0.25, -0.2) is 4.39 Å². The molecule has 174 valence electrons. The van der Waals surface area contributed by atoms with Gasteiger partial charge in [-0.1, -0.05) is 24.3 Å². The van der Waals surface area contributed by atoms with Crippen LogP contribution in [0.25, 0.3) is 11.0 Å². The van der Waals surface area contributed by atoms with Crippen LogP contribution >= 0.6 is 0 Å². The van der Waals surface area contributed by atoms with Crippen LogP contribution in [0.1, 0.15) is 21.5 Å². The predicted octanol–water partition coefficient (Wildman–Crippen LogP) is 2.72. The summed E-state index contributed by atoms with van der Waals surface area (Å²) in [6, 6.07) is 14.3. The van der Waals surface area contributed by atoms with Gasteiger partial charge in [0.15, 0.2) is 0 Å². The molecule has 1 aliphatic rings. The Morgan fingerprint density at radius 1 is 1.03 bits per heavy atom. The van der Waals surface area contributed by atoms with Crippen molar-refractivity contribution in [1.82, 2.24) is 19.9 Å². The van der Waals surface area contributed by atoms with E-state index in [2.05, 4.69) is 15.0 Å². The second kappa shape index (κ2) is 9.01. The standard InChI is InChI=1S/C25H25FN6O2/c26-19-3-1-2-4-20(19)31-11-13-32(14-12-31)24(34)17-8-5-16(6-9-17)7-10-18-15-28-22-21(18)23(33)30-25(27)29-22/h1-6,8-9,15H,7,10-14H2,(H4,27,28,29,30,33).